The van der Waals surface area contributed by atoms with Gasteiger partial charge in [-0.1, -0.05) is 19.4 Å². The van der Waals surface area contributed by atoms with Gasteiger partial charge in [-0.25, -0.2) is 4.39 Å². The van der Waals surface area contributed by atoms with Crippen molar-refractivity contribution in [3.8, 4) is 0 Å². The highest BCUT2D eigenvalue weighted by Crippen LogP contribution is 2.19. The Morgan fingerprint density at radius 2 is 2.30 bits per heavy atom. The van der Waals surface area contributed by atoms with Gasteiger partial charge in [-0.2, -0.15) is 0 Å². The Hall–Kier alpha value is -1.42. The number of halogens is 1. The van der Waals surface area contributed by atoms with E-state index in [1.54, 1.807) is 12.1 Å². The molecule has 3 nitrogen and oxygen atoms in total. The van der Waals surface area contributed by atoms with Crippen LogP contribution in [-0.4, -0.2) is 29.9 Å². The molecular formula is C16H23FN2O. The predicted molar refractivity (Wildman–Crippen MR) is 79.1 cm³/mol. The lowest BCUT2D eigenvalue weighted by Crippen LogP contribution is -2.40. The van der Waals surface area contributed by atoms with Crippen LogP contribution in [-0.2, 0) is 4.79 Å². The molecule has 1 saturated heterocycles. The molecule has 0 radical (unpaired) electrons. The first-order chi connectivity index (χ1) is 9.69. The van der Waals surface area contributed by atoms with Crippen LogP contribution in [0.3, 0.4) is 0 Å². The Labute approximate surface area is 120 Å². The van der Waals surface area contributed by atoms with Crippen molar-refractivity contribution in [3.63, 3.8) is 0 Å². The highest BCUT2D eigenvalue weighted by Gasteiger charge is 2.20. The average Bonchev–Trinajstić information content (AvgIpc) is 2.45. The monoisotopic (exact) mass is 278 g/mol. The molecule has 2 rings (SSSR count). The number of hydrogen-bond acceptors (Lipinski definition) is 2. The maximum atomic E-state index is 13.0. The number of carbonyl (C=O) groups is 1. The van der Waals surface area contributed by atoms with E-state index < -0.39 is 0 Å². The van der Waals surface area contributed by atoms with Gasteiger partial charge in [0.1, 0.15) is 5.82 Å². The number of nitrogens with one attached hydrogen (secondary N) is 1. The molecule has 1 atom stereocenters. The summed E-state index contributed by atoms with van der Waals surface area (Å²) in [5.74, 6) is -0.374. The van der Waals surface area contributed by atoms with E-state index in [0.29, 0.717) is 18.2 Å². The van der Waals surface area contributed by atoms with Gasteiger partial charge in [0.2, 0.25) is 5.91 Å². The van der Waals surface area contributed by atoms with E-state index in [0.717, 1.165) is 19.5 Å². The number of hydrogen-bond donors (Lipinski definition) is 1. The number of likely N-dealkylation sites (tertiary alicyclic amines) is 1. The second-order valence-electron chi connectivity index (χ2n) is 5.40. The molecule has 1 aliphatic rings. The summed E-state index contributed by atoms with van der Waals surface area (Å²) in [7, 11) is 0. The molecule has 1 amide bonds. The Bertz CT molecular complexity index is 450. The molecule has 1 aliphatic heterocycles. The molecule has 1 fully saturated rings. The first kappa shape index (κ1) is 15.0. The van der Waals surface area contributed by atoms with Crippen molar-refractivity contribution < 1.29 is 9.18 Å². The Morgan fingerprint density at radius 1 is 1.45 bits per heavy atom. The van der Waals surface area contributed by atoms with Crippen molar-refractivity contribution in [1.29, 1.82) is 0 Å². The number of benzene rings is 1. The predicted octanol–water partition coefficient (Wildman–Crippen LogP) is 3.42. The number of anilines is 1. The Morgan fingerprint density at radius 3 is 3.05 bits per heavy atom. The molecule has 1 aromatic carbocycles. The molecule has 1 unspecified atom stereocenters. The van der Waals surface area contributed by atoms with Crippen LogP contribution in [0.2, 0.25) is 0 Å². The van der Waals surface area contributed by atoms with Gasteiger partial charge in [0.25, 0.3) is 0 Å². The Kier molecular flexibility index (Phi) is 5.53. The fourth-order valence-corrected chi connectivity index (χ4v) is 2.85. The molecule has 4 heteroatoms. The topological polar surface area (TPSA) is 32.3 Å². The van der Waals surface area contributed by atoms with Crippen LogP contribution in [0.1, 0.15) is 39.0 Å². The number of carbonyl (C=O) groups excluding carboxylic acids is 1. The van der Waals surface area contributed by atoms with E-state index >= 15 is 0 Å². The van der Waals surface area contributed by atoms with Gasteiger partial charge in [0.05, 0.1) is 0 Å². The fourth-order valence-electron chi connectivity index (χ4n) is 2.85. The minimum atomic E-state index is -0.329. The normalized spacial score (nSPS) is 19.8. The summed E-state index contributed by atoms with van der Waals surface area (Å²) >= 11 is 0. The zero-order valence-electron chi connectivity index (χ0n) is 12.1. The van der Waals surface area contributed by atoms with E-state index in [2.05, 4.69) is 17.1 Å². The van der Waals surface area contributed by atoms with Crippen LogP contribution in [0.15, 0.2) is 24.3 Å². The van der Waals surface area contributed by atoms with Crippen LogP contribution in [0.4, 0.5) is 10.1 Å². The van der Waals surface area contributed by atoms with E-state index in [1.807, 2.05) is 0 Å². The molecule has 0 aliphatic carbocycles. The van der Waals surface area contributed by atoms with Crippen molar-refractivity contribution in [2.24, 2.45) is 0 Å². The van der Waals surface area contributed by atoms with Gasteiger partial charge in [-0.15, -0.1) is 0 Å². The number of rotatable bonds is 5. The summed E-state index contributed by atoms with van der Waals surface area (Å²) in [6, 6.07) is 6.63. The first-order valence-electron chi connectivity index (χ1n) is 7.48. The second-order valence-corrected chi connectivity index (χ2v) is 5.40. The summed E-state index contributed by atoms with van der Waals surface area (Å²) in [6.45, 7) is 4.08. The van der Waals surface area contributed by atoms with Gasteiger partial charge in [-0.05, 0) is 44.0 Å². The third-order valence-electron chi connectivity index (χ3n) is 3.95. The lowest BCUT2D eigenvalue weighted by atomic mass is 10.00. The third kappa shape index (κ3) is 4.30. The largest absolute Gasteiger partial charge is 0.326 e. The van der Waals surface area contributed by atoms with Crippen LogP contribution in [0.5, 0.6) is 0 Å². The summed E-state index contributed by atoms with van der Waals surface area (Å²) in [4.78, 5) is 14.3. The van der Waals surface area contributed by atoms with Gasteiger partial charge < -0.3 is 5.32 Å². The van der Waals surface area contributed by atoms with Crippen molar-refractivity contribution in [1.82, 2.24) is 4.90 Å². The average molecular weight is 278 g/mol. The lowest BCUT2D eigenvalue weighted by Gasteiger charge is -2.35. The van der Waals surface area contributed by atoms with Gasteiger partial charge in [0.15, 0.2) is 0 Å². The lowest BCUT2D eigenvalue weighted by molar-refractivity contribution is -0.116. The summed E-state index contributed by atoms with van der Waals surface area (Å²) in [5.41, 5.74) is 0.528. The molecule has 1 N–H and O–H groups in total. The van der Waals surface area contributed by atoms with Gasteiger partial charge in [-0.3, -0.25) is 9.69 Å². The van der Waals surface area contributed by atoms with Gasteiger partial charge in [0, 0.05) is 24.7 Å². The maximum absolute atomic E-state index is 13.0. The highest BCUT2D eigenvalue weighted by molar-refractivity contribution is 5.90. The molecule has 1 aromatic rings. The van der Waals surface area contributed by atoms with Crippen molar-refractivity contribution >= 4 is 11.6 Å². The first-order valence-corrected chi connectivity index (χ1v) is 7.48. The quantitative estimate of drug-likeness (QED) is 0.895. The molecule has 0 saturated carbocycles. The third-order valence-corrected chi connectivity index (χ3v) is 3.95. The SMILES string of the molecule is CCC1CCCCN1CCC(=O)Nc1cccc(F)c1. The number of piperidine rings is 1. The highest BCUT2D eigenvalue weighted by atomic mass is 19.1. The Balaban J connectivity index is 1.79. The van der Waals surface area contributed by atoms with Gasteiger partial charge >= 0.3 is 0 Å². The zero-order valence-corrected chi connectivity index (χ0v) is 12.1. The molecule has 20 heavy (non-hydrogen) atoms. The summed E-state index contributed by atoms with van der Waals surface area (Å²) in [5, 5.41) is 2.75. The van der Waals surface area contributed by atoms with Crippen LogP contribution < -0.4 is 5.32 Å². The maximum Gasteiger partial charge on any atom is 0.225 e. The van der Waals surface area contributed by atoms with E-state index in [9.17, 15) is 9.18 Å². The molecule has 0 bridgehead atoms. The summed E-state index contributed by atoms with van der Waals surface area (Å²) < 4.78 is 13.0. The van der Waals surface area contributed by atoms with E-state index in [1.165, 1.54) is 31.4 Å². The fraction of sp³-hybridized carbons (Fsp3) is 0.562. The summed E-state index contributed by atoms with van der Waals surface area (Å²) in [6.07, 6.45) is 5.37. The van der Waals surface area contributed by atoms with Crippen molar-refractivity contribution in [2.75, 3.05) is 18.4 Å². The second kappa shape index (κ2) is 7.39. The molecule has 0 aromatic heterocycles. The van der Waals surface area contributed by atoms with Crippen molar-refractivity contribution in [3.05, 3.63) is 30.1 Å². The van der Waals surface area contributed by atoms with E-state index in [-0.39, 0.29) is 11.7 Å². The molecule has 110 valence electrons. The molecule has 1 heterocycles. The number of amides is 1. The standard InChI is InChI=1S/C16H23FN2O/c1-2-15-8-3-4-10-19(15)11-9-16(20)18-14-7-5-6-13(17)12-14/h5-7,12,15H,2-4,8-11H2,1H3,(H,18,20). The minimum Gasteiger partial charge on any atom is -0.326 e. The van der Waals surface area contributed by atoms with Crippen LogP contribution in [0, 0.1) is 5.82 Å². The minimum absolute atomic E-state index is 0.0453. The van der Waals surface area contributed by atoms with E-state index in [4.69, 9.17) is 0 Å². The number of nitrogens with zero attached hydrogens (tertiary/aromatic N) is 1. The van der Waals surface area contributed by atoms with Crippen LogP contribution >= 0.6 is 0 Å². The van der Waals surface area contributed by atoms with Crippen LogP contribution in [0.25, 0.3) is 0 Å². The molecule has 0 spiro atoms. The zero-order chi connectivity index (χ0) is 14.4. The van der Waals surface area contributed by atoms with Crippen molar-refractivity contribution in [2.45, 2.75) is 45.1 Å². The molecular weight excluding hydrogens is 255 g/mol. The smallest absolute Gasteiger partial charge is 0.225 e.